The lowest BCUT2D eigenvalue weighted by Gasteiger charge is -2.02. The van der Waals surface area contributed by atoms with Gasteiger partial charge in [0.05, 0.1) is 23.2 Å². The fourth-order valence-corrected chi connectivity index (χ4v) is 2.11. The predicted octanol–water partition coefficient (Wildman–Crippen LogP) is 3.06. The number of allylic oxidation sites excluding steroid dienone is 1. The van der Waals surface area contributed by atoms with Gasteiger partial charge in [-0.25, -0.2) is 4.79 Å². The van der Waals surface area contributed by atoms with Gasteiger partial charge in [-0.05, 0) is 18.6 Å². The Labute approximate surface area is 126 Å². The van der Waals surface area contributed by atoms with Gasteiger partial charge in [0.2, 0.25) is 0 Å². The number of ether oxygens (including phenoxy) is 1. The highest BCUT2D eigenvalue weighted by Gasteiger charge is 2.16. The van der Waals surface area contributed by atoms with E-state index in [1.165, 1.54) is 44.0 Å². The Balaban J connectivity index is 2.86. The maximum atomic E-state index is 11.4. The molecule has 0 saturated carbocycles. The van der Waals surface area contributed by atoms with Crippen molar-refractivity contribution in [2.75, 3.05) is 12.9 Å². The molecule has 0 spiro atoms. The first kappa shape index (κ1) is 16.9. The SMILES string of the molecule is COC(=O)c1ccc(C=CCCSC(C)=O)c([N+](=O)[O-])c1. The molecule has 1 aromatic rings. The van der Waals surface area contributed by atoms with E-state index in [0.29, 0.717) is 17.7 Å². The minimum atomic E-state index is -0.619. The number of hydrogen-bond acceptors (Lipinski definition) is 6. The smallest absolute Gasteiger partial charge is 0.338 e. The fraction of sp³-hybridized carbons (Fsp3) is 0.286. The number of rotatable bonds is 6. The first-order valence-electron chi connectivity index (χ1n) is 6.12. The van der Waals surface area contributed by atoms with Crippen LogP contribution in [0.25, 0.3) is 6.08 Å². The van der Waals surface area contributed by atoms with Crippen LogP contribution in [0.5, 0.6) is 0 Å². The Morgan fingerprint density at radius 1 is 1.43 bits per heavy atom. The molecule has 6 nitrogen and oxygen atoms in total. The summed E-state index contributed by atoms with van der Waals surface area (Å²) in [5, 5.41) is 11.1. The summed E-state index contributed by atoms with van der Waals surface area (Å²) in [5.41, 5.74) is 0.377. The van der Waals surface area contributed by atoms with Crippen molar-refractivity contribution in [2.45, 2.75) is 13.3 Å². The molecule has 1 rings (SSSR count). The molecule has 0 bridgehead atoms. The standard InChI is InChI=1S/C14H15NO5S/c1-10(16)21-8-4-3-5-11-6-7-12(14(17)20-2)9-13(11)15(18)19/h3,5-7,9H,4,8H2,1-2H3. The van der Waals surface area contributed by atoms with Crippen LogP contribution in [-0.4, -0.2) is 28.9 Å². The van der Waals surface area contributed by atoms with Crippen LogP contribution in [0.1, 0.15) is 29.3 Å². The number of nitro benzene ring substituents is 1. The van der Waals surface area contributed by atoms with E-state index in [9.17, 15) is 19.7 Å². The maximum absolute atomic E-state index is 11.4. The Hall–Kier alpha value is -2.15. The Morgan fingerprint density at radius 3 is 2.71 bits per heavy atom. The van der Waals surface area contributed by atoms with Crippen molar-refractivity contribution in [3.63, 3.8) is 0 Å². The summed E-state index contributed by atoms with van der Waals surface area (Å²) in [6, 6.07) is 4.16. The van der Waals surface area contributed by atoms with Crippen LogP contribution < -0.4 is 0 Å². The van der Waals surface area contributed by atoms with Crippen molar-refractivity contribution in [1.29, 1.82) is 0 Å². The molecule has 1 aromatic carbocycles. The molecule has 0 heterocycles. The van der Waals surface area contributed by atoms with E-state index < -0.39 is 10.9 Å². The summed E-state index contributed by atoms with van der Waals surface area (Å²) in [7, 11) is 1.22. The molecule has 0 radical (unpaired) electrons. The number of carbonyl (C=O) groups is 2. The summed E-state index contributed by atoms with van der Waals surface area (Å²) in [6.45, 7) is 1.49. The van der Waals surface area contributed by atoms with Crippen LogP contribution in [0.2, 0.25) is 0 Å². The molecule has 0 amide bonds. The molecule has 0 aliphatic heterocycles. The van der Waals surface area contributed by atoms with Crippen molar-refractivity contribution in [2.24, 2.45) is 0 Å². The van der Waals surface area contributed by atoms with Crippen LogP contribution in [0.3, 0.4) is 0 Å². The molecule has 21 heavy (non-hydrogen) atoms. The molecule has 0 saturated heterocycles. The normalized spacial score (nSPS) is 10.6. The third kappa shape index (κ3) is 5.39. The van der Waals surface area contributed by atoms with Gasteiger partial charge in [0.15, 0.2) is 5.12 Å². The van der Waals surface area contributed by atoms with Gasteiger partial charge in [-0.3, -0.25) is 14.9 Å². The highest BCUT2D eigenvalue weighted by molar-refractivity contribution is 8.13. The summed E-state index contributed by atoms with van der Waals surface area (Å²) >= 11 is 1.20. The zero-order valence-electron chi connectivity index (χ0n) is 11.7. The highest BCUT2D eigenvalue weighted by Crippen LogP contribution is 2.22. The number of esters is 1. The fourth-order valence-electron chi connectivity index (χ4n) is 1.57. The average molecular weight is 309 g/mol. The van der Waals surface area contributed by atoms with Gasteiger partial charge in [-0.2, -0.15) is 0 Å². The number of methoxy groups -OCH3 is 1. The van der Waals surface area contributed by atoms with Gasteiger partial charge in [0.1, 0.15) is 0 Å². The molecule has 0 fully saturated rings. The zero-order chi connectivity index (χ0) is 15.8. The molecule has 0 N–H and O–H groups in total. The summed E-state index contributed by atoms with van der Waals surface area (Å²) in [4.78, 5) is 32.6. The van der Waals surface area contributed by atoms with Gasteiger partial charge < -0.3 is 4.74 Å². The molecule has 0 aliphatic rings. The highest BCUT2D eigenvalue weighted by atomic mass is 32.2. The molecule has 7 heteroatoms. The molecular formula is C14H15NO5S. The van der Waals surface area contributed by atoms with Crippen LogP contribution >= 0.6 is 11.8 Å². The lowest BCUT2D eigenvalue weighted by Crippen LogP contribution is -2.02. The van der Waals surface area contributed by atoms with E-state index in [2.05, 4.69) is 4.74 Å². The van der Waals surface area contributed by atoms with Gasteiger partial charge in [-0.15, -0.1) is 0 Å². The van der Waals surface area contributed by atoms with E-state index in [1.54, 1.807) is 12.2 Å². The van der Waals surface area contributed by atoms with E-state index in [1.807, 2.05) is 0 Å². The van der Waals surface area contributed by atoms with E-state index in [-0.39, 0.29) is 16.4 Å². The minimum Gasteiger partial charge on any atom is -0.465 e. The molecule has 0 aromatic heterocycles. The van der Waals surface area contributed by atoms with Gasteiger partial charge in [0, 0.05) is 18.7 Å². The molecule has 112 valence electrons. The van der Waals surface area contributed by atoms with Crippen LogP contribution in [0, 0.1) is 10.1 Å². The van der Waals surface area contributed by atoms with Crippen LogP contribution in [-0.2, 0) is 9.53 Å². The van der Waals surface area contributed by atoms with Crippen molar-refractivity contribution in [3.05, 3.63) is 45.5 Å². The summed E-state index contributed by atoms with van der Waals surface area (Å²) in [5.74, 6) is 0.00588. The molecule has 0 atom stereocenters. The van der Waals surface area contributed by atoms with Crippen molar-refractivity contribution < 1.29 is 19.2 Å². The second kappa shape index (κ2) is 8.21. The third-order valence-corrected chi connectivity index (χ3v) is 3.38. The maximum Gasteiger partial charge on any atom is 0.338 e. The van der Waals surface area contributed by atoms with Crippen LogP contribution in [0.4, 0.5) is 5.69 Å². The first-order chi connectivity index (χ1) is 9.95. The number of nitrogens with zero attached hydrogens (tertiary/aromatic N) is 1. The largest absolute Gasteiger partial charge is 0.465 e. The minimum absolute atomic E-state index is 0.0387. The molecular weight excluding hydrogens is 294 g/mol. The molecule has 0 aliphatic carbocycles. The average Bonchev–Trinajstić information content (AvgIpc) is 2.45. The Morgan fingerprint density at radius 2 is 2.14 bits per heavy atom. The third-order valence-electron chi connectivity index (χ3n) is 2.54. The Kier molecular flexibility index (Phi) is 6.61. The number of benzene rings is 1. The van der Waals surface area contributed by atoms with Crippen molar-refractivity contribution in [3.8, 4) is 0 Å². The second-order valence-corrected chi connectivity index (χ2v) is 5.33. The lowest BCUT2D eigenvalue weighted by atomic mass is 10.1. The van der Waals surface area contributed by atoms with Crippen molar-refractivity contribution >= 4 is 34.6 Å². The number of nitro groups is 1. The van der Waals surface area contributed by atoms with Crippen molar-refractivity contribution in [1.82, 2.24) is 0 Å². The van der Waals surface area contributed by atoms with Gasteiger partial charge >= 0.3 is 5.97 Å². The number of carbonyl (C=O) groups excluding carboxylic acids is 2. The second-order valence-electron chi connectivity index (χ2n) is 4.05. The van der Waals surface area contributed by atoms with E-state index in [0.717, 1.165) is 0 Å². The zero-order valence-corrected chi connectivity index (χ0v) is 12.5. The first-order valence-corrected chi connectivity index (χ1v) is 7.11. The summed E-state index contributed by atoms with van der Waals surface area (Å²) < 4.78 is 4.53. The topological polar surface area (TPSA) is 86.5 Å². The quantitative estimate of drug-likeness (QED) is 0.347. The monoisotopic (exact) mass is 309 g/mol. The molecule has 0 unspecified atom stereocenters. The van der Waals surface area contributed by atoms with Gasteiger partial charge in [-0.1, -0.05) is 23.9 Å². The van der Waals surface area contributed by atoms with Gasteiger partial charge in [0.25, 0.3) is 5.69 Å². The number of hydrogen-bond donors (Lipinski definition) is 0. The predicted molar refractivity (Wildman–Crippen MR) is 81.2 cm³/mol. The lowest BCUT2D eigenvalue weighted by molar-refractivity contribution is -0.385. The Bertz CT molecular complexity index is 583. The van der Waals surface area contributed by atoms with Crippen LogP contribution in [0.15, 0.2) is 24.3 Å². The summed E-state index contributed by atoms with van der Waals surface area (Å²) in [6.07, 6.45) is 4.00. The van der Waals surface area contributed by atoms with E-state index >= 15 is 0 Å². The van der Waals surface area contributed by atoms with E-state index in [4.69, 9.17) is 0 Å². The number of thioether (sulfide) groups is 1.